The Bertz CT molecular complexity index is 1690. The third-order valence-corrected chi connectivity index (χ3v) is 10.3. The minimum atomic E-state index is -4.03. The normalized spacial score (nSPS) is 19.1. The fraction of sp³-hybridized carbons (Fsp3) is 0.435. The lowest BCUT2D eigenvalue weighted by Gasteiger charge is -2.40. The highest BCUT2D eigenvalue weighted by molar-refractivity contribution is 7.89. The van der Waals surface area contributed by atoms with Gasteiger partial charge < -0.3 is 14.8 Å². The number of hydrazine groups is 1. The number of rotatable bonds is 7. The summed E-state index contributed by atoms with van der Waals surface area (Å²) in [5.41, 5.74) is 3.57. The van der Waals surface area contributed by atoms with Gasteiger partial charge in [0, 0.05) is 66.4 Å². The molecule has 216 valence electrons. The van der Waals surface area contributed by atoms with Gasteiger partial charge in [0.1, 0.15) is 5.03 Å². The number of hydrogen-bond donors (Lipinski definition) is 3. The smallest absolute Gasteiger partial charge is 0.283 e. The monoisotopic (exact) mass is 629 g/mol. The largest absolute Gasteiger partial charge is 0.345 e. The molecule has 1 fully saturated rings. The molecule has 0 saturated carbocycles. The lowest BCUT2D eigenvalue weighted by Crippen LogP contribution is -2.58. The van der Waals surface area contributed by atoms with Crippen LogP contribution in [-0.4, -0.2) is 98.2 Å². The van der Waals surface area contributed by atoms with Crippen LogP contribution in [0.3, 0.4) is 0 Å². The van der Waals surface area contributed by atoms with Crippen molar-refractivity contribution in [3.8, 4) is 0 Å². The summed E-state index contributed by atoms with van der Waals surface area (Å²) in [6.45, 7) is 1.36. The minimum absolute atomic E-state index is 0.00225. The summed E-state index contributed by atoms with van der Waals surface area (Å²) in [6, 6.07) is 5.59. The summed E-state index contributed by atoms with van der Waals surface area (Å²) in [6.07, 6.45) is 1.27. The van der Waals surface area contributed by atoms with E-state index in [9.17, 15) is 26.4 Å². The molecule has 17 heteroatoms. The average Bonchev–Trinajstić information content (AvgIpc) is 3.50. The zero-order chi connectivity index (χ0) is 28.8. The van der Waals surface area contributed by atoms with Crippen molar-refractivity contribution in [3.63, 3.8) is 0 Å². The molecule has 0 radical (unpaired) electrons. The van der Waals surface area contributed by atoms with E-state index in [1.54, 1.807) is 18.2 Å². The Kier molecular flexibility index (Phi) is 7.95. The van der Waals surface area contributed by atoms with Gasteiger partial charge in [0.15, 0.2) is 5.01 Å². The van der Waals surface area contributed by atoms with E-state index in [1.165, 1.54) is 26.6 Å². The number of thiazole rings is 1. The van der Waals surface area contributed by atoms with E-state index in [0.717, 1.165) is 29.8 Å². The maximum absolute atomic E-state index is 13.6. The molecule has 3 aromatic rings. The number of H-pyrrole nitrogens is 1. The molecule has 13 nitrogen and oxygen atoms in total. The van der Waals surface area contributed by atoms with Crippen LogP contribution in [-0.2, 0) is 37.8 Å². The molecule has 2 aliphatic rings. The predicted octanol–water partition coefficient (Wildman–Crippen LogP) is 0.752. The molecule has 0 spiro atoms. The van der Waals surface area contributed by atoms with Crippen LogP contribution in [0.1, 0.15) is 26.8 Å². The van der Waals surface area contributed by atoms with Gasteiger partial charge in [0.2, 0.25) is 15.9 Å². The molecule has 3 N–H and O–H groups in total. The van der Waals surface area contributed by atoms with Crippen molar-refractivity contribution < 1.29 is 26.4 Å². The standard InChI is InChI=1S/C23H28ClN7O6S3/c1-29-6-5-18-19(13-29)38-22(26-18)23(33)31-8-7-30(12-16(31)11-20(32)27-28-39(2,34)35)40(36,37)21-10-14-9-15(24)3-4-17(14)25-21/h3-4,9-10,16,25,28H,5-8,11-13H2,1-2H3,(H,27,32). The highest BCUT2D eigenvalue weighted by Gasteiger charge is 2.39. The zero-order valence-corrected chi connectivity index (χ0v) is 24.9. The summed E-state index contributed by atoms with van der Waals surface area (Å²) >= 11 is 7.35. The first-order valence-electron chi connectivity index (χ1n) is 12.3. The highest BCUT2D eigenvalue weighted by atomic mass is 35.5. The van der Waals surface area contributed by atoms with E-state index in [4.69, 9.17) is 11.6 Å². The van der Waals surface area contributed by atoms with Crippen molar-refractivity contribution >= 4 is 65.7 Å². The zero-order valence-electron chi connectivity index (χ0n) is 21.7. The van der Waals surface area contributed by atoms with Gasteiger partial charge in [-0.15, -0.1) is 16.2 Å². The first kappa shape index (κ1) is 28.9. The number of aromatic amines is 1. The van der Waals surface area contributed by atoms with Crippen LogP contribution in [0.15, 0.2) is 29.3 Å². The van der Waals surface area contributed by atoms with Crippen molar-refractivity contribution in [1.82, 2.24) is 34.3 Å². The van der Waals surface area contributed by atoms with Crippen LogP contribution in [0.5, 0.6) is 0 Å². The highest BCUT2D eigenvalue weighted by Crippen LogP contribution is 2.29. The third-order valence-electron chi connectivity index (χ3n) is 6.78. The second-order valence-electron chi connectivity index (χ2n) is 9.88. The van der Waals surface area contributed by atoms with E-state index >= 15 is 0 Å². The number of nitrogens with one attached hydrogen (secondary N) is 3. The predicted molar refractivity (Wildman–Crippen MR) is 150 cm³/mol. The number of carbonyl (C=O) groups is 2. The van der Waals surface area contributed by atoms with E-state index in [2.05, 4.69) is 20.3 Å². The number of aromatic nitrogens is 2. The summed E-state index contributed by atoms with van der Waals surface area (Å²) in [5, 5.41) is 1.33. The Labute approximate surface area is 240 Å². The molecule has 0 aliphatic carbocycles. The molecule has 40 heavy (non-hydrogen) atoms. The SMILES string of the molecule is CN1CCc2nc(C(=O)N3CCN(S(=O)(=O)c4cc5cc(Cl)ccc5[nH]4)CC3CC(=O)NNS(C)(=O)=O)sc2C1. The van der Waals surface area contributed by atoms with Gasteiger partial charge in [-0.2, -0.15) is 4.31 Å². The summed E-state index contributed by atoms with van der Waals surface area (Å²) in [5.74, 6) is -1.11. The second-order valence-corrected chi connectivity index (χ2v) is 15.1. The van der Waals surface area contributed by atoms with Gasteiger partial charge in [-0.1, -0.05) is 11.6 Å². The molecule has 1 atom stereocenters. The Morgan fingerprint density at radius 2 is 1.95 bits per heavy atom. The Morgan fingerprint density at radius 3 is 2.70 bits per heavy atom. The molecular formula is C23H28ClN7O6S3. The maximum atomic E-state index is 13.6. The topological polar surface area (TPSA) is 165 Å². The lowest BCUT2D eigenvalue weighted by atomic mass is 10.1. The van der Waals surface area contributed by atoms with E-state index in [-0.39, 0.29) is 36.1 Å². The minimum Gasteiger partial charge on any atom is -0.345 e. The molecule has 1 aromatic carbocycles. The lowest BCUT2D eigenvalue weighted by molar-refractivity contribution is -0.122. The molecule has 2 aliphatic heterocycles. The third kappa shape index (κ3) is 6.17. The fourth-order valence-corrected chi connectivity index (χ4v) is 7.90. The van der Waals surface area contributed by atoms with Crippen molar-refractivity contribution in [2.75, 3.05) is 39.5 Å². The summed E-state index contributed by atoms with van der Waals surface area (Å²) < 4.78 is 51.3. The number of halogens is 1. The Balaban J connectivity index is 1.40. The van der Waals surface area contributed by atoms with E-state index < -0.39 is 37.9 Å². The van der Waals surface area contributed by atoms with Crippen LogP contribution in [0.4, 0.5) is 0 Å². The van der Waals surface area contributed by atoms with Crippen LogP contribution >= 0.6 is 22.9 Å². The Hall–Kier alpha value is -2.60. The number of piperazine rings is 1. The van der Waals surface area contributed by atoms with Crippen LogP contribution in [0.2, 0.25) is 5.02 Å². The summed E-state index contributed by atoms with van der Waals surface area (Å²) in [4.78, 5) is 40.2. The van der Waals surface area contributed by atoms with Crippen molar-refractivity contribution in [2.45, 2.75) is 30.5 Å². The van der Waals surface area contributed by atoms with Gasteiger partial charge in [0.25, 0.3) is 15.9 Å². The number of fused-ring (bicyclic) bond motifs is 2. The molecule has 0 bridgehead atoms. The number of carbonyl (C=O) groups excluding carboxylic acids is 2. The van der Waals surface area contributed by atoms with Crippen LogP contribution in [0, 0.1) is 0 Å². The molecule has 2 aromatic heterocycles. The number of amides is 2. The quantitative estimate of drug-likeness (QED) is 0.322. The number of hydrogen-bond acceptors (Lipinski definition) is 9. The van der Waals surface area contributed by atoms with Gasteiger partial charge in [-0.25, -0.2) is 21.8 Å². The number of sulfonamides is 2. The fourth-order valence-electron chi connectivity index (χ4n) is 4.79. The summed E-state index contributed by atoms with van der Waals surface area (Å²) in [7, 11) is -5.76. The van der Waals surface area contributed by atoms with E-state index in [0.29, 0.717) is 22.5 Å². The van der Waals surface area contributed by atoms with Gasteiger partial charge >= 0.3 is 0 Å². The van der Waals surface area contributed by atoms with E-state index in [1.807, 2.05) is 11.9 Å². The van der Waals surface area contributed by atoms with Gasteiger partial charge in [-0.3, -0.25) is 15.0 Å². The molecule has 5 rings (SSSR count). The van der Waals surface area contributed by atoms with Crippen LogP contribution < -0.4 is 10.3 Å². The molecule has 4 heterocycles. The van der Waals surface area contributed by atoms with Crippen molar-refractivity contribution in [3.05, 3.63) is 44.9 Å². The molecule has 2 amide bonds. The number of benzene rings is 1. The van der Waals surface area contributed by atoms with Crippen LogP contribution in [0.25, 0.3) is 10.9 Å². The maximum Gasteiger partial charge on any atom is 0.283 e. The molecule has 1 saturated heterocycles. The van der Waals surface area contributed by atoms with Crippen molar-refractivity contribution in [1.29, 1.82) is 0 Å². The molecule has 1 unspecified atom stereocenters. The van der Waals surface area contributed by atoms with Crippen molar-refractivity contribution in [2.24, 2.45) is 0 Å². The first-order valence-corrected chi connectivity index (χ1v) is 16.8. The number of likely N-dealkylation sites (N-methyl/N-ethyl adjacent to an activating group) is 1. The average molecular weight is 630 g/mol. The molecular weight excluding hydrogens is 602 g/mol. The Morgan fingerprint density at radius 1 is 1.18 bits per heavy atom. The van der Waals surface area contributed by atoms with Gasteiger partial charge in [0.05, 0.1) is 18.0 Å². The second kappa shape index (κ2) is 11.0. The number of nitrogens with zero attached hydrogens (tertiary/aromatic N) is 4. The van der Waals surface area contributed by atoms with Gasteiger partial charge in [-0.05, 0) is 31.3 Å². The first-order chi connectivity index (χ1) is 18.8.